The van der Waals surface area contributed by atoms with Gasteiger partial charge in [0.1, 0.15) is 5.82 Å². The molecule has 3 aromatic rings. The number of carbonyl (C=O) groups excluding carboxylic acids is 2. The molecule has 2 N–H and O–H groups in total. The zero-order chi connectivity index (χ0) is 19.1. The van der Waals surface area contributed by atoms with Crippen LogP contribution in [0, 0.1) is 0 Å². The molecule has 8 nitrogen and oxygen atoms in total. The molecule has 0 spiro atoms. The van der Waals surface area contributed by atoms with Crippen LogP contribution >= 0.6 is 0 Å². The SMILES string of the molecule is O=C1C/C(=C\c2cnn3c(NC4CC4)cc(Cc4cccnc4)nc23)C(=O)N1. The van der Waals surface area contributed by atoms with Crippen LogP contribution < -0.4 is 10.6 Å². The van der Waals surface area contributed by atoms with E-state index in [0.29, 0.717) is 29.2 Å². The van der Waals surface area contributed by atoms with Gasteiger partial charge in [-0.25, -0.2) is 4.98 Å². The molecule has 8 heteroatoms. The number of hydrogen-bond donors (Lipinski definition) is 2. The molecule has 140 valence electrons. The van der Waals surface area contributed by atoms with E-state index >= 15 is 0 Å². The number of pyridine rings is 1. The zero-order valence-corrected chi connectivity index (χ0v) is 15.1. The third kappa shape index (κ3) is 3.24. The summed E-state index contributed by atoms with van der Waals surface area (Å²) >= 11 is 0. The van der Waals surface area contributed by atoms with Crippen LogP contribution in [0.3, 0.4) is 0 Å². The zero-order valence-electron chi connectivity index (χ0n) is 15.1. The summed E-state index contributed by atoms with van der Waals surface area (Å²) in [7, 11) is 0. The highest BCUT2D eigenvalue weighted by Crippen LogP contribution is 2.27. The molecule has 2 fully saturated rings. The summed E-state index contributed by atoms with van der Waals surface area (Å²) in [6.45, 7) is 0. The molecule has 2 amide bonds. The number of aromatic nitrogens is 4. The van der Waals surface area contributed by atoms with E-state index in [1.165, 1.54) is 0 Å². The lowest BCUT2D eigenvalue weighted by Gasteiger charge is -2.10. The molecule has 0 unspecified atom stereocenters. The van der Waals surface area contributed by atoms with Crippen LogP contribution in [-0.2, 0) is 16.0 Å². The number of anilines is 1. The summed E-state index contributed by atoms with van der Waals surface area (Å²) in [5, 5.41) is 10.3. The number of imide groups is 1. The van der Waals surface area contributed by atoms with Gasteiger partial charge in [-0.1, -0.05) is 6.07 Å². The van der Waals surface area contributed by atoms with Gasteiger partial charge in [0.25, 0.3) is 5.91 Å². The first-order valence-corrected chi connectivity index (χ1v) is 9.23. The van der Waals surface area contributed by atoms with Gasteiger partial charge in [0.05, 0.1) is 18.3 Å². The van der Waals surface area contributed by atoms with Crippen molar-refractivity contribution in [3.8, 4) is 0 Å². The number of nitrogens with one attached hydrogen (secondary N) is 2. The summed E-state index contributed by atoms with van der Waals surface area (Å²) in [6.07, 6.45) is 9.96. The molecule has 1 aliphatic carbocycles. The smallest absolute Gasteiger partial charge is 0.254 e. The lowest BCUT2D eigenvalue weighted by atomic mass is 10.1. The maximum Gasteiger partial charge on any atom is 0.254 e. The quantitative estimate of drug-likeness (QED) is 0.521. The lowest BCUT2D eigenvalue weighted by Crippen LogP contribution is -2.19. The minimum absolute atomic E-state index is 0.0821. The largest absolute Gasteiger partial charge is 0.367 e. The molecule has 1 saturated heterocycles. The highest BCUT2D eigenvalue weighted by molar-refractivity contribution is 6.15. The first-order chi connectivity index (χ1) is 13.7. The van der Waals surface area contributed by atoms with E-state index in [-0.39, 0.29) is 18.2 Å². The average molecular weight is 374 g/mol. The van der Waals surface area contributed by atoms with Gasteiger partial charge in [0.2, 0.25) is 5.91 Å². The van der Waals surface area contributed by atoms with Crippen molar-refractivity contribution in [2.75, 3.05) is 5.32 Å². The van der Waals surface area contributed by atoms with Gasteiger partial charge in [-0.3, -0.25) is 19.9 Å². The Morgan fingerprint density at radius 3 is 2.89 bits per heavy atom. The van der Waals surface area contributed by atoms with Crippen LogP contribution in [0.15, 0.2) is 42.4 Å². The average Bonchev–Trinajstić information content (AvgIpc) is 3.32. The first kappa shape index (κ1) is 16.6. The summed E-state index contributed by atoms with van der Waals surface area (Å²) < 4.78 is 1.76. The van der Waals surface area contributed by atoms with Gasteiger partial charge in [-0.2, -0.15) is 9.61 Å². The van der Waals surface area contributed by atoms with E-state index in [0.717, 1.165) is 29.9 Å². The van der Waals surface area contributed by atoms with Crippen molar-refractivity contribution in [2.45, 2.75) is 31.7 Å². The highest BCUT2D eigenvalue weighted by atomic mass is 16.2. The van der Waals surface area contributed by atoms with Crippen LogP contribution in [0.25, 0.3) is 11.7 Å². The molecule has 0 aromatic carbocycles. The lowest BCUT2D eigenvalue weighted by molar-refractivity contribution is -0.124. The fourth-order valence-corrected chi connectivity index (χ4v) is 3.28. The molecule has 5 rings (SSSR count). The van der Waals surface area contributed by atoms with Gasteiger partial charge in [-0.05, 0) is 30.5 Å². The Morgan fingerprint density at radius 2 is 2.18 bits per heavy atom. The summed E-state index contributed by atoms with van der Waals surface area (Å²) in [4.78, 5) is 32.3. The second-order valence-corrected chi connectivity index (χ2v) is 7.15. The molecule has 0 bridgehead atoms. The van der Waals surface area contributed by atoms with Crippen molar-refractivity contribution in [3.05, 3.63) is 59.2 Å². The molecule has 28 heavy (non-hydrogen) atoms. The number of hydrogen-bond acceptors (Lipinski definition) is 6. The van der Waals surface area contributed by atoms with E-state index in [2.05, 4.69) is 20.7 Å². The third-order valence-corrected chi connectivity index (χ3v) is 4.81. The normalized spacial score (nSPS) is 18.1. The highest BCUT2D eigenvalue weighted by Gasteiger charge is 2.25. The van der Waals surface area contributed by atoms with Crippen molar-refractivity contribution in [1.29, 1.82) is 0 Å². The Bertz CT molecular complexity index is 1110. The Morgan fingerprint density at radius 1 is 1.29 bits per heavy atom. The standard InChI is InChI=1S/C20H18N6O2/c27-18-8-13(20(28)25-18)7-14-11-22-26-17(23-15-3-4-15)9-16(24-19(14)26)6-12-2-1-5-21-10-12/h1-2,5,7,9-11,15,23H,3-4,6,8H2,(H,25,27,28)/b13-7+. The molecule has 0 radical (unpaired) electrons. The van der Waals surface area contributed by atoms with Crippen molar-refractivity contribution in [3.63, 3.8) is 0 Å². The minimum atomic E-state index is -0.354. The number of fused-ring (bicyclic) bond motifs is 1. The maximum absolute atomic E-state index is 11.9. The molecule has 2 aliphatic rings. The Labute approximate surface area is 160 Å². The Hall–Kier alpha value is -3.55. The Balaban J connectivity index is 1.58. The topological polar surface area (TPSA) is 101 Å². The maximum atomic E-state index is 11.9. The van der Waals surface area contributed by atoms with Crippen molar-refractivity contribution < 1.29 is 9.59 Å². The van der Waals surface area contributed by atoms with Crippen molar-refractivity contribution in [2.24, 2.45) is 0 Å². The van der Waals surface area contributed by atoms with E-state index < -0.39 is 0 Å². The van der Waals surface area contributed by atoms with Crippen LogP contribution in [0.5, 0.6) is 0 Å². The summed E-state index contributed by atoms with van der Waals surface area (Å²) in [5.74, 6) is 0.240. The van der Waals surface area contributed by atoms with Gasteiger partial charge in [0, 0.05) is 42.1 Å². The second kappa shape index (κ2) is 6.56. The predicted molar refractivity (Wildman–Crippen MR) is 102 cm³/mol. The fourth-order valence-electron chi connectivity index (χ4n) is 3.28. The van der Waals surface area contributed by atoms with Gasteiger partial charge >= 0.3 is 0 Å². The molecular formula is C20H18N6O2. The molecular weight excluding hydrogens is 356 g/mol. The van der Waals surface area contributed by atoms with Gasteiger partial charge in [0.15, 0.2) is 5.65 Å². The number of carbonyl (C=O) groups is 2. The summed E-state index contributed by atoms with van der Waals surface area (Å²) in [6, 6.07) is 6.39. The second-order valence-electron chi connectivity index (χ2n) is 7.15. The minimum Gasteiger partial charge on any atom is -0.367 e. The van der Waals surface area contributed by atoms with Gasteiger partial charge < -0.3 is 5.32 Å². The fraction of sp³-hybridized carbons (Fsp3) is 0.250. The van der Waals surface area contributed by atoms with Crippen LogP contribution in [0.1, 0.15) is 36.1 Å². The van der Waals surface area contributed by atoms with Crippen molar-refractivity contribution >= 4 is 29.4 Å². The van der Waals surface area contributed by atoms with Crippen LogP contribution in [0.4, 0.5) is 5.82 Å². The third-order valence-electron chi connectivity index (χ3n) is 4.81. The molecule has 1 aliphatic heterocycles. The number of nitrogens with zero attached hydrogens (tertiary/aromatic N) is 4. The number of rotatable bonds is 5. The summed E-state index contributed by atoms with van der Waals surface area (Å²) in [5.41, 5.74) is 3.75. The number of amides is 2. The molecule has 0 atom stereocenters. The first-order valence-electron chi connectivity index (χ1n) is 9.23. The molecule has 3 aromatic heterocycles. The predicted octanol–water partition coefficient (Wildman–Crippen LogP) is 1.72. The van der Waals surface area contributed by atoms with E-state index in [4.69, 9.17) is 4.98 Å². The monoisotopic (exact) mass is 374 g/mol. The van der Waals surface area contributed by atoms with E-state index in [1.54, 1.807) is 23.0 Å². The van der Waals surface area contributed by atoms with E-state index in [9.17, 15) is 9.59 Å². The van der Waals surface area contributed by atoms with Crippen LogP contribution in [-0.4, -0.2) is 37.4 Å². The van der Waals surface area contributed by atoms with Crippen molar-refractivity contribution in [1.82, 2.24) is 24.9 Å². The Kier molecular flexibility index (Phi) is 3.89. The molecule has 4 heterocycles. The van der Waals surface area contributed by atoms with Gasteiger partial charge in [-0.15, -0.1) is 0 Å². The van der Waals surface area contributed by atoms with Crippen LogP contribution in [0.2, 0.25) is 0 Å². The molecule has 1 saturated carbocycles. The van der Waals surface area contributed by atoms with E-state index in [1.807, 2.05) is 24.4 Å².